The van der Waals surface area contributed by atoms with E-state index in [1.54, 1.807) is 6.07 Å². The molecule has 26 heavy (non-hydrogen) atoms. The minimum Gasteiger partial charge on any atom is -0.365 e. The summed E-state index contributed by atoms with van der Waals surface area (Å²) in [6, 6.07) is 2.48. The largest absolute Gasteiger partial charge is 0.365 e. The van der Waals surface area contributed by atoms with Crippen molar-refractivity contribution in [2.75, 3.05) is 17.2 Å². The number of primary amides is 1. The van der Waals surface area contributed by atoms with E-state index < -0.39 is 11.7 Å². The Morgan fingerprint density at radius 1 is 1.31 bits per heavy atom. The molecule has 6 N–H and O–H groups in total. The van der Waals surface area contributed by atoms with Crippen LogP contribution in [0.4, 0.5) is 21.7 Å². The minimum absolute atomic E-state index is 0.0106. The molecule has 1 amide bonds. The maximum Gasteiger partial charge on any atom is 0.252 e. The molecular formula is C17H22ClFN6O. The van der Waals surface area contributed by atoms with E-state index in [0.29, 0.717) is 23.2 Å². The van der Waals surface area contributed by atoms with Crippen molar-refractivity contribution >= 4 is 34.8 Å². The van der Waals surface area contributed by atoms with Gasteiger partial charge in [-0.15, -0.1) is 0 Å². The standard InChI is InChI=1S/C17H22ClFN6O/c1-9(2)3-11(6-20)23-17-14(19)5-13(15(21)26)16(25-17)24-12-4-10(18)7-22-8-12/h4-5,7-9,11H,3,6,20H2,1-2H3,(H2,21,26)(H2,23,24,25)/t11-/m1/s1. The molecule has 0 bridgehead atoms. The summed E-state index contributed by atoms with van der Waals surface area (Å²) < 4.78 is 14.4. The van der Waals surface area contributed by atoms with Gasteiger partial charge < -0.3 is 22.1 Å². The van der Waals surface area contributed by atoms with Crippen LogP contribution in [0.5, 0.6) is 0 Å². The van der Waals surface area contributed by atoms with Gasteiger partial charge >= 0.3 is 0 Å². The van der Waals surface area contributed by atoms with Crippen LogP contribution in [0.15, 0.2) is 24.5 Å². The van der Waals surface area contributed by atoms with Crippen molar-refractivity contribution in [3.8, 4) is 0 Å². The Kier molecular flexibility index (Phi) is 6.70. The predicted octanol–water partition coefficient (Wildman–Crippen LogP) is 2.90. The van der Waals surface area contributed by atoms with Crippen LogP contribution in [0.25, 0.3) is 0 Å². The molecule has 0 saturated heterocycles. The van der Waals surface area contributed by atoms with Gasteiger partial charge in [-0.2, -0.15) is 0 Å². The van der Waals surface area contributed by atoms with Crippen LogP contribution in [0.1, 0.15) is 30.6 Å². The maximum absolute atomic E-state index is 14.4. The van der Waals surface area contributed by atoms with E-state index in [9.17, 15) is 9.18 Å². The Bertz CT molecular complexity index is 786. The smallest absolute Gasteiger partial charge is 0.252 e. The van der Waals surface area contributed by atoms with E-state index in [1.807, 2.05) is 13.8 Å². The van der Waals surface area contributed by atoms with Gasteiger partial charge in [-0.25, -0.2) is 9.37 Å². The van der Waals surface area contributed by atoms with Gasteiger partial charge in [0.25, 0.3) is 5.91 Å². The van der Waals surface area contributed by atoms with E-state index in [1.165, 1.54) is 12.4 Å². The summed E-state index contributed by atoms with van der Waals surface area (Å²) in [5.74, 6) is -1.03. The van der Waals surface area contributed by atoms with Crippen molar-refractivity contribution in [3.63, 3.8) is 0 Å². The molecule has 0 unspecified atom stereocenters. The molecule has 0 spiro atoms. The zero-order chi connectivity index (χ0) is 19.3. The molecule has 0 aliphatic heterocycles. The van der Waals surface area contributed by atoms with Gasteiger partial charge in [-0.3, -0.25) is 9.78 Å². The van der Waals surface area contributed by atoms with Crippen LogP contribution in [0.2, 0.25) is 5.02 Å². The highest BCUT2D eigenvalue weighted by Crippen LogP contribution is 2.25. The molecule has 7 nitrogen and oxygen atoms in total. The molecule has 2 rings (SSSR count). The van der Waals surface area contributed by atoms with Crippen LogP contribution in [0, 0.1) is 11.7 Å². The average Bonchev–Trinajstić information content (AvgIpc) is 2.56. The summed E-state index contributed by atoms with van der Waals surface area (Å²) in [5.41, 5.74) is 11.5. The SMILES string of the molecule is CC(C)C[C@H](CN)Nc1nc(Nc2cncc(Cl)c2)c(C(N)=O)cc1F. The molecule has 0 radical (unpaired) electrons. The molecule has 9 heteroatoms. The molecular weight excluding hydrogens is 359 g/mol. The molecule has 140 valence electrons. The normalized spacial score (nSPS) is 12.1. The highest BCUT2D eigenvalue weighted by molar-refractivity contribution is 6.30. The van der Waals surface area contributed by atoms with Gasteiger partial charge in [0.15, 0.2) is 11.6 Å². The third-order valence-electron chi connectivity index (χ3n) is 3.59. The summed E-state index contributed by atoms with van der Waals surface area (Å²) in [6.07, 6.45) is 3.71. The number of hydrogen-bond acceptors (Lipinski definition) is 6. The van der Waals surface area contributed by atoms with Gasteiger partial charge in [-0.05, 0) is 24.5 Å². The summed E-state index contributed by atoms with van der Waals surface area (Å²) in [5, 5.41) is 6.28. The Morgan fingerprint density at radius 3 is 2.62 bits per heavy atom. The first kappa shape index (κ1) is 19.9. The number of halogens is 2. The number of nitrogens with one attached hydrogen (secondary N) is 2. The van der Waals surface area contributed by atoms with Crippen LogP contribution in [-0.4, -0.2) is 28.5 Å². The number of anilines is 3. The van der Waals surface area contributed by atoms with Gasteiger partial charge in [0.1, 0.15) is 5.82 Å². The second-order valence-corrected chi connectivity index (χ2v) is 6.74. The highest BCUT2D eigenvalue weighted by Gasteiger charge is 2.18. The fourth-order valence-electron chi connectivity index (χ4n) is 2.47. The van der Waals surface area contributed by atoms with E-state index >= 15 is 0 Å². The molecule has 0 aliphatic rings. The average molecular weight is 381 g/mol. The van der Waals surface area contributed by atoms with Crippen molar-refractivity contribution in [2.45, 2.75) is 26.3 Å². The lowest BCUT2D eigenvalue weighted by Gasteiger charge is -2.21. The zero-order valence-corrected chi connectivity index (χ0v) is 15.3. The monoisotopic (exact) mass is 380 g/mol. The number of nitrogens with two attached hydrogens (primary N) is 2. The van der Waals surface area contributed by atoms with Crippen LogP contribution in [0.3, 0.4) is 0 Å². The van der Waals surface area contributed by atoms with Crippen molar-refractivity contribution in [3.05, 3.63) is 40.9 Å². The molecule has 2 aromatic heterocycles. The maximum atomic E-state index is 14.4. The minimum atomic E-state index is -0.807. The predicted molar refractivity (Wildman–Crippen MR) is 101 cm³/mol. The lowest BCUT2D eigenvalue weighted by Crippen LogP contribution is -2.31. The quantitative estimate of drug-likeness (QED) is 0.559. The number of nitrogens with zero attached hydrogens (tertiary/aromatic N) is 2. The third-order valence-corrected chi connectivity index (χ3v) is 3.80. The van der Waals surface area contributed by atoms with Crippen LogP contribution >= 0.6 is 11.6 Å². The lowest BCUT2D eigenvalue weighted by atomic mass is 10.0. The van der Waals surface area contributed by atoms with Gasteiger partial charge in [0, 0.05) is 18.8 Å². The van der Waals surface area contributed by atoms with Crippen LogP contribution < -0.4 is 22.1 Å². The fraction of sp³-hybridized carbons (Fsp3) is 0.353. The first-order valence-electron chi connectivity index (χ1n) is 8.14. The summed E-state index contributed by atoms with van der Waals surface area (Å²) in [7, 11) is 0. The Morgan fingerprint density at radius 2 is 2.04 bits per heavy atom. The number of carbonyl (C=O) groups is 1. The van der Waals surface area contributed by atoms with Gasteiger partial charge in [0.05, 0.1) is 22.5 Å². The highest BCUT2D eigenvalue weighted by atomic mass is 35.5. The second-order valence-electron chi connectivity index (χ2n) is 6.30. The van der Waals surface area contributed by atoms with Crippen LogP contribution in [-0.2, 0) is 0 Å². The first-order valence-corrected chi connectivity index (χ1v) is 8.52. The number of amides is 1. The summed E-state index contributed by atoms with van der Waals surface area (Å²) in [4.78, 5) is 19.8. The molecule has 0 aliphatic carbocycles. The summed E-state index contributed by atoms with van der Waals surface area (Å²) >= 11 is 5.91. The van der Waals surface area contributed by atoms with Crippen molar-refractivity contribution in [1.82, 2.24) is 9.97 Å². The van der Waals surface area contributed by atoms with E-state index in [-0.39, 0.29) is 23.2 Å². The number of aromatic nitrogens is 2. The van der Waals surface area contributed by atoms with E-state index in [4.69, 9.17) is 23.1 Å². The Balaban J connectivity index is 2.37. The number of hydrogen-bond donors (Lipinski definition) is 4. The van der Waals surface area contributed by atoms with Gasteiger partial charge in [0.2, 0.25) is 0 Å². The number of pyridine rings is 2. The molecule has 2 aromatic rings. The second kappa shape index (κ2) is 8.77. The van der Waals surface area contributed by atoms with Crippen molar-refractivity contribution < 1.29 is 9.18 Å². The lowest BCUT2D eigenvalue weighted by molar-refractivity contribution is 0.100. The molecule has 1 atom stereocenters. The number of carbonyl (C=O) groups excluding carboxylic acids is 1. The zero-order valence-electron chi connectivity index (χ0n) is 14.6. The fourth-order valence-corrected chi connectivity index (χ4v) is 2.64. The topological polar surface area (TPSA) is 119 Å². The molecule has 0 fully saturated rings. The Hall–Kier alpha value is -2.45. The van der Waals surface area contributed by atoms with Gasteiger partial charge in [-0.1, -0.05) is 25.4 Å². The third kappa shape index (κ3) is 5.27. The van der Waals surface area contributed by atoms with Crippen molar-refractivity contribution in [2.24, 2.45) is 17.4 Å². The Labute approximate surface area is 156 Å². The summed E-state index contributed by atoms with van der Waals surface area (Å²) in [6.45, 7) is 4.41. The molecule has 0 saturated carbocycles. The van der Waals surface area contributed by atoms with Crippen molar-refractivity contribution in [1.29, 1.82) is 0 Å². The van der Waals surface area contributed by atoms with E-state index in [2.05, 4.69) is 20.6 Å². The molecule has 0 aromatic carbocycles. The molecule has 2 heterocycles. The van der Waals surface area contributed by atoms with E-state index in [0.717, 1.165) is 12.5 Å². The number of rotatable bonds is 8. The first-order chi connectivity index (χ1) is 12.3.